The average Bonchev–Trinajstić information content (AvgIpc) is 2.31. The summed E-state index contributed by atoms with van der Waals surface area (Å²) >= 11 is 2.15. The molecule has 0 unspecified atom stereocenters. The Bertz CT molecular complexity index is 514. The number of aryl methyl sites for hydroxylation is 2. The Hall–Kier alpha value is -1.24. The summed E-state index contributed by atoms with van der Waals surface area (Å²) in [4.78, 5) is 12.7. The summed E-state index contributed by atoms with van der Waals surface area (Å²) in [6, 6.07) is 5.62. The van der Waals surface area contributed by atoms with Gasteiger partial charge in [-0.05, 0) is 48.1 Å². The van der Waals surface area contributed by atoms with E-state index in [4.69, 9.17) is 4.74 Å². The van der Waals surface area contributed by atoms with Crippen LogP contribution in [-0.2, 0) is 6.42 Å². The van der Waals surface area contributed by atoms with Crippen LogP contribution in [0.2, 0.25) is 0 Å². The topological polar surface area (TPSA) is 47.9 Å². The van der Waals surface area contributed by atoms with E-state index in [0.29, 0.717) is 11.6 Å². The maximum absolute atomic E-state index is 5.64. The number of nitrogens with zero attached hydrogens (tertiary/aromatic N) is 3. The van der Waals surface area contributed by atoms with E-state index in [-0.39, 0.29) is 0 Å². The van der Waals surface area contributed by atoms with Crippen molar-refractivity contribution < 1.29 is 4.74 Å². The molecular formula is C12H12IN3O. The predicted molar refractivity (Wildman–Crippen MR) is 73.2 cm³/mol. The zero-order valence-corrected chi connectivity index (χ0v) is 11.8. The monoisotopic (exact) mass is 341 g/mol. The molecule has 0 atom stereocenters. The zero-order chi connectivity index (χ0) is 12.3. The Morgan fingerprint density at radius 2 is 2.12 bits per heavy atom. The average molecular weight is 341 g/mol. The van der Waals surface area contributed by atoms with Crippen LogP contribution in [0.1, 0.15) is 18.4 Å². The van der Waals surface area contributed by atoms with Gasteiger partial charge in [-0.3, -0.25) is 0 Å². The molecular weight excluding hydrogens is 329 g/mol. The van der Waals surface area contributed by atoms with E-state index >= 15 is 0 Å². The third-order valence-electron chi connectivity index (χ3n) is 2.15. The van der Waals surface area contributed by atoms with Crippen molar-refractivity contribution >= 4 is 22.6 Å². The van der Waals surface area contributed by atoms with E-state index in [2.05, 4.69) is 44.5 Å². The number of pyridine rings is 1. The molecule has 0 aliphatic rings. The molecule has 0 saturated carbocycles. The summed E-state index contributed by atoms with van der Waals surface area (Å²) in [5.74, 6) is 1.97. The van der Waals surface area contributed by atoms with E-state index in [1.54, 1.807) is 6.20 Å². The lowest BCUT2D eigenvalue weighted by Crippen LogP contribution is -1.97. The molecule has 2 rings (SSSR count). The van der Waals surface area contributed by atoms with E-state index in [1.165, 1.54) is 0 Å². The second-order valence-corrected chi connectivity index (χ2v) is 4.62. The molecule has 2 heterocycles. The molecule has 17 heavy (non-hydrogen) atoms. The van der Waals surface area contributed by atoms with E-state index in [9.17, 15) is 0 Å². The molecule has 5 heteroatoms. The Labute approximate surface area is 114 Å². The summed E-state index contributed by atoms with van der Waals surface area (Å²) in [7, 11) is 0. The first-order chi connectivity index (χ1) is 8.17. The number of hydrogen-bond acceptors (Lipinski definition) is 4. The maximum Gasteiger partial charge on any atom is 0.222 e. The third kappa shape index (κ3) is 3.36. The second kappa shape index (κ2) is 5.39. The summed E-state index contributed by atoms with van der Waals surface area (Å²) in [6.07, 6.45) is 2.55. The largest absolute Gasteiger partial charge is 0.437 e. The van der Waals surface area contributed by atoms with Gasteiger partial charge in [-0.25, -0.2) is 9.97 Å². The van der Waals surface area contributed by atoms with Gasteiger partial charge in [0.15, 0.2) is 0 Å². The molecule has 0 bridgehead atoms. The van der Waals surface area contributed by atoms with Crippen molar-refractivity contribution in [1.29, 1.82) is 0 Å². The minimum absolute atomic E-state index is 0.567. The van der Waals surface area contributed by atoms with Crippen molar-refractivity contribution in [3.05, 3.63) is 39.6 Å². The first-order valence-electron chi connectivity index (χ1n) is 5.31. The van der Waals surface area contributed by atoms with E-state index in [1.807, 2.05) is 25.1 Å². The summed E-state index contributed by atoms with van der Waals surface area (Å²) in [5, 5.41) is 0. The summed E-state index contributed by atoms with van der Waals surface area (Å²) in [5.41, 5.74) is 0.978. The highest BCUT2D eigenvalue weighted by Crippen LogP contribution is 2.19. The molecule has 2 aromatic heterocycles. The number of hydrogen-bond donors (Lipinski definition) is 0. The van der Waals surface area contributed by atoms with Crippen LogP contribution < -0.4 is 4.74 Å². The van der Waals surface area contributed by atoms with Crippen molar-refractivity contribution in [2.75, 3.05) is 0 Å². The SMILES string of the molecule is CCc1cc(Oc2ccc(I)nc2)nc(C)n1. The van der Waals surface area contributed by atoms with Gasteiger partial charge < -0.3 is 4.74 Å². The fourth-order valence-electron chi connectivity index (χ4n) is 1.38. The Balaban J connectivity index is 2.23. The Morgan fingerprint density at radius 1 is 1.29 bits per heavy atom. The second-order valence-electron chi connectivity index (χ2n) is 3.52. The molecule has 0 N–H and O–H groups in total. The quantitative estimate of drug-likeness (QED) is 0.636. The lowest BCUT2D eigenvalue weighted by atomic mass is 10.3. The minimum atomic E-state index is 0.567. The highest BCUT2D eigenvalue weighted by atomic mass is 127. The number of ether oxygens (including phenoxy) is 1. The molecule has 0 saturated heterocycles. The molecule has 0 radical (unpaired) electrons. The summed E-state index contributed by atoms with van der Waals surface area (Å²) < 4.78 is 6.57. The fraction of sp³-hybridized carbons (Fsp3) is 0.250. The van der Waals surface area contributed by atoms with Gasteiger partial charge in [0.1, 0.15) is 15.3 Å². The van der Waals surface area contributed by atoms with Crippen LogP contribution in [0.25, 0.3) is 0 Å². The number of aromatic nitrogens is 3. The maximum atomic E-state index is 5.64. The number of rotatable bonds is 3. The van der Waals surface area contributed by atoms with Crippen molar-refractivity contribution in [3.63, 3.8) is 0 Å². The molecule has 88 valence electrons. The lowest BCUT2D eigenvalue weighted by Gasteiger charge is -2.06. The van der Waals surface area contributed by atoms with Gasteiger partial charge in [-0.1, -0.05) is 6.92 Å². The van der Waals surface area contributed by atoms with Crippen molar-refractivity contribution in [1.82, 2.24) is 15.0 Å². The van der Waals surface area contributed by atoms with Gasteiger partial charge in [0.05, 0.1) is 6.20 Å². The van der Waals surface area contributed by atoms with E-state index < -0.39 is 0 Å². The molecule has 0 aliphatic carbocycles. The van der Waals surface area contributed by atoms with Crippen molar-refractivity contribution in [2.45, 2.75) is 20.3 Å². The van der Waals surface area contributed by atoms with Gasteiger partial charge in [-0.15, -0.1) is 0 Å². The van der Waals surface area contributed by atoms with Crippen LogP contribution in [0.5, 0.6) is 11.6 Å². The first-order valence-corrected chi connectivity index (χ1v) is 6.39. The van der Waals surface area contributed by atoms with Crippen LogP contribution in [-0.4, -0.2) is 15.0 Å². The third-order valence-corrected chi connectivity index (χ3v) is 2.79. The minimum Gasteiger partial charge on any atom is -0.437 e. The molecule has 0 aliphatic heterocycles. The highest BCUT2D eigenvalue weighted by Gasteiger charge is 2.03. The van der Waals surface area contributed by atoms with Crippen molar-refractivity contribution in [2.24, 2.45) is 0 Å². The smallest absolute Gasteiger partial charge is 0.222 e. The molecule has 0 aromatic carbocycles. The molecule has 0 amide bonds. The Morgan fingerprint density at radius 3 is 2.76 bits per heavy atom. The lowest BCUT2D eigenvalue weighted by molar-refractivity contribution is 0.456. The van der Waals surface area contributed by atoms with Gasteiger partial charge in [0, 0.05) is 11.8 Å². The standard InChI is InChI=1S/C12H12IN3O/c1-3-9-6-12(16-8(2)15-9)17-10-4-5-11(13)14-7-10/h4-7H,3H2,1-2H3. The first kappa shape index (κ1) is 12.2. The summed E-state index contributed by atoms with van der Waals surface area (Å²) in [6.45, 7) is 3.91. The van der Waals surface area contributed by atoms with Gasteiger partial charge in [0.2, 0.25) is 5.88 Å². The van der Waals surface area contributed by atoms with Crippen LogP contribution in [0.4, 0.5) is 0 Å². The highest BCUT2D eigenvalue weighted by molar-refractivity contribution is 14.1. The van der Waals surface area contributed by atoms with Gasteiger partial charge >= 0.3 is 0 Å². The van der Waals surface area contributed by atoms with Crippen LogP contribution in [0.3, 0.4) is 0 Å². The van der Waals surface area contributed by atoms with Gasteiger partial charge in [-0.2, -0.15) is 4.98 Å². The normalized spacial score (nSPS) is 10.3. The Kier molecular flexibility index (Phi) is 3.88. The molecule has 0 fully saturated rings. The van der Waals surface area contributed by atoms with Crippen LogP contribution in [0.15, 0.2) is 24.4 Å². The molecule has 2 aromatic rings. The molecule has 4 nitrogen and oxygen atoms in total. The number of halogens is 1. The van der Waals surface area contributed by atoms with E-state index in [0.717, 1.165) is 21.6 Å². The van der Waals surface area contributed by atoms with Gasteiger partial charge in [0.25, 0.3) is 0 Å². The molecule has 0 spiro atoms. The van der Waals surface area contributed by atoms with Crippen LogP contribution in [0, 0.1) is 10.6 Å². The van der Waals surface area contributed by atoms with Crippen LogP contribution >= 0.6 is 22.6 Å². The fourth-order valence-corrected chi connectivity index (χ4v) is 1.70. The zero-order valence-electron chi connectivity index (χ0n) is 9.64. The predicted octanol–water partition coefficient (Wildman–Crippen LogP) is 3.14. The van der Waals surface area contributed by atoms with Crippen molar-refractivity contribution in [3.8, 4) is 11.6 Å².